The van der Waals surface area contributed by atoms with Gasteiger partial charge in [-0.2, -0.15) is 4.91 Å². The van der Waals surface area contributed by atoms with Crippen LogP contribution in [-0.2, 0) is 0 Å². The van der Waals surface area contributed by atoms with Crippen LogP contribution >= 0.6 is 0 Å². The Hall–Kier alpha value is -1.22. The molecule has 1 aromatic carbocycles. The summed E-state index contributed by atoms with van der Waals surface area (Å²) in [5.41, 5.74) is 0.922. The fraction of sp³-hybridized carbons (Fsp3) is 0.400. The number of hydrogen-bond donors (Lipinski definition) is 1. The lowest BCUT2D eigenvalue weighted by Crippen LogP contribution is -1.96. The largest absolute Gasteiger partial charge is 0.396 e. The van der Waals surface area contributed by atoms with Gasteiger partial charge in [-0.15, -0.1) is 0 Å². The van der Waals surface area contributed by atoms with Gasteiger partial charge in [0.25, 0.3) is 0 Å². The number of nitroso groups, excluding NO2 is 1. The average Bonchev–Trinajstić information content (AvgIpc) is 2.21. The molecule has 0 aromatic heterocycles. The lowest BCUT2D eigenvalue weighted by Gasteiger charge is -2.07. The first-order chi connectivity index (χ1) is 6.38. The second kappa shape index (κ2) is 5.43. The predicted octanol–water partition coefficient (Wildman–Crippen LogP) is 2.27. The smallest absolute Gasteiger partial charge is 0.117 e. The van der Waals surface area contributed by atoms with Gasteiger partial charge in [-0.25, -0.2) is 0 Å². The van der Waals surface area contributed by atoms with E-state index in [-0.39, 0.29) is 12.6 Å². The fourth-order valence-electron chi connectivity index (χ4n) is 1.24. The standard InChI is InChI=1S/C10H13NO2/c12-8-4-7-10(11-13)9-5-2-1-3-6-9/h1-3,5-6,10,12H,4,7-8H2. The molecular weight excluding hydrogens is 166 g/mol. The third-order valence-electron chi connectivity index (χ3n) is 1.95. The highest BCUT2D eigenvalue weighted by atomic mass is 16.3. The van der Waals surface area contributed by atoms with Gasteiger partial charge in [-0.3, -0.25) is 0 Å². The fourth-order valence-corrected chi connectivity index (χ4v) is 1.24. The molecule has 0 saturated carbocycles. The molecule has 0 bridgehead atoms. The highest BCUT2D eigenvalue weighted by Gasteiger charge is 2.09. The minimum absolute atomic E-state index is 0.110. The number of aliphatic hydroxyl groups is 1. The number of benzene rings is 1. The van der Waals surface area contributed by atoms with Crippen molar-refractivity contribution in [2.24, 2.45) is 5.18 Å². The second-order valence-corrected chi connectivity index (χ2v) is 2.90. The lowest BCUT2D eigenvalue weighted by atomic mass is 10.0. The highest BCUT2D eigenvalue weighted by Crippen LogP contribution is 2.21. The summed E-state index contributed by atoms with van der Waals surface area (Å²) in [6, 6.07) is 9.11. The van der Waals surface area contributed by atoms with E-state index >= 15 is 0 Å². The SMILES string of the molecule is O=NC(CCCO)c1ccccc1. The van der Waals surface area contributed by atoms with Crippen LogP contribution in [0.2, 0.25) is 0 Å². The number of nitrogens with zero attached hydrogens (tertiary/aromatic N) is 1. The quantitative estimate of drug-likeness (QED) is 0.705. The van der Waals surface area contributed by atoms with Crippen molar-refractivity contribution in [3.8, 4) is 0 Å². The third-order valence-corrected chi connectivity index (χ3v) is 1.95. The number of rotatable bonds is 5. The van der Waals surface area contributed by atoms with Crippen molar-refractivity contribution >= 4 is 0 Å². The van der Waals surface area contributed by atoms with Gasteiger partial charge in [-0.1, -0.05) is 35.5 Å². The maximum atomic E-state index is 10.5. The van der Waals surface area contributed by atoms with Crippen molar-refractivity contribution in [1.29, 1.82) is 0 Å². The van der Waals surface area contributed by atoms with Crippen LogP contribution in [0.3, 0.4) is 0 Å². The van der Waals surface area contributed by atoms with E-state index < -0.39 is 0 Å². The Morgan fingerprint density at radius 2 is 2.00 bits per heavy atom. The van der Waals surface area contributed by atoms with E-state index in [4.69, 9.17) is 5.11 Å². The van der Waals surface area contributed by atoms with Gasteiger partial charge in [0, 0.05) is 6.61 Å². The third kappa shape index (κ3) is 2.95. The summed E-state index contributed by atoms with van der Waals surface area (Å²) in [5, 5.41) is 11.6. The molecule has 0 fully saturated rings. The van der Waals surface area contributed by atoms with E-state index in [1.165, 1.54) is 0 Å². The van der Waals surface area contributed by atoms with E-state index in [9.17, 15) is 4.91 Å². The molecule has 0 amide bonds. The topological polar surface area (TPSA) is 49.7 Å². The summed E-state index contributed by atoms with van der Waals surface area (Å²) >= 11 is 0. The molecule has 1 aromatic rings. The molecule has 3 nitrogen and oxygen atoms in total. The van der Waals surface area contributed by atoms with E-state index in [2.05, 4.69) is 5.18 Å². The molecule has 0 aliphatic heterocycles. The molecule has 3 heteroatoms. The van der Waals surface area contributed by atoms with Gasteiger partial charge in [0.1, 0.15) is 6.04 Å². The number of aliphatic hydroxyl groups excluding tert-OH is 1. The molecule has 70 valence electrons. The van der Waals surface area contributed by atoms with Gasteiger partial charge in [0.05, 0.1) is 0 Å². The Morgan fingerprint density at radius 1 is 1.31 bits per heavy atom. The summed E-state index contributed by atoms with van der Waals surface area (Å²) in [7, 11) is 0. The van der Waals surface area contributed by atoms with Gasteiger partial charge >= 0.3 is 0 Å². The first-order valence-corrected chi connectivity index (χ1v) is 4.36. The van der Waals surface area contributed by atoms with Gasteiger partial charge in [-0.05, 0) is 18.4 Å². The van der Waals surface area contributed by atoms with Crippen molar-refractivity contribution < 1.29 is 5.11 Å². The summed E-state index contributed by atoms with van der Waals surface area (Å²) in [6.07, 6.45) is 1.23. The van der Waals surface area contributed by atoms with E-state index in [0.717, 1.165) is 5.56 Å². The van der Waals surface area contributed by atoms with Crippen LogP contribution in [0.1, 0.15) is 24.4 Å². The maximum Gasteiger partial charge on any atom is 0.117 e. The maximum absolute atomic E-state index is 10.5. The van der Waals surface area contributed by atoms with E-state index in [0.29, 0.717) is 12.8 Å². The zero-order valence-electron chi connectivity index (χ0n) is 7.39. The Balaban J connectivity index is 2.61. The van der Waals surface area contributed by atoms with Gasteiger partial charge in [0.2, 0.25) is 0 Å². The lowest BCUT2D eigenvalue weighted by molar-refractivity contribution is 0.280. The molecule has 1 N–H and O–H groups in total. The zero-order valence-corrected chi connectivity index (χ0v) is 7.39. The van der Waals surface area contributed by atoms with Crippen LogP contribution < -0.4 is 0 Å². The van der Waals surface area contributed by atoms with Crippen molar-refractivity contribution in [2.45, 2.75) is 18.9 Å². The molecule has 1 atom stereocenters. The van der Waals surface area contributed by atoms with E-state index in [1.807, 2.05) is 30.3 Å². The Bertz CT molecular complexity index is 248. The number of hydrogen-bond acceptors (Lipinski definition) is 3. The molecule has 13 heavy (non-hydrogen) atoms. The van der Waals surface area contributed by atoms with Crippen LogP contribution in [-0.4, -0.2) is 11.7 Å². The molecule has 0 aliphatic carbocycles. The van der Waals surface area contributed by atoms with Crippen molar-refractivity contribution in [3.05, 3.63) is 40.8 Å². The Kier molecular flexibility index (Phi) is 4.12. The van der Waals surface area contributed by atoms with Crippen LogP contribution in [0.15, 0.2) is 35.5 Å². The minimum Gasteiger partial charge on any atom is -0.396 e. The summed E-state index contributed by atoms with van der Waals surface area (Å²) in [5.74, 6) is 0. The van der Waals surface area contributed by atoms with Crippen LogP contribution in [0.25, 0.3) is 0 Å². The van der Waals surface area contributed by atoms with Crippen LogP contribution in [0.4, 0.5) is 0 Å². The van der Waals surface area contributed by atoms with E-state index in [1.54, 1.807) is 0 Å². The monoisotopic (exact) mass is 179 g/mol. The Morgan fingerprint density at radius 3 is 2.54 bits per heavy atom. The minimum atomic E-state index is -0.312. The normalized spacial score (nSPS) is 12.4. The molecule has 0 radical (unpaired) electrons. The van der Waals surface area contributed by atoms with Crippen molar-refractivity contribution in [1.82, 2.24) is 0 Å². The molecule has 1 unspecified atom stereocenters. The van der Waals surface area contributed by atoms with Crippen molar-refractivity contribution in [3.63, 3.8) is 0 Å². The molecule has 0 aliphatic rings. The van der Waals surface area contributed by atoms with Crippen molar-refractivity contribution in [2.75, 3.05) is 6.61 Å². The summed E-state index contributed by atoms with van der Waals surface area (Å²) in [4.78, 5) is 10.5. The van der Waals surface area contributed by atoms with Crippen LogP contribution in [0.5, 0.6) is 0 Å². The molecule has 0 spiro atoms. The van der Waals surface area contributed by atoms with Crippen LogP contribution in [0, 0.1) is 4.91 Å². The predicted molar refractivity (Wildman–Crippen MR) is 51.3 cm³/mol. The molecule has 0 saturated heterocycles. The molecule has 0 heterocycles. The molecular formula is C10H13NO2. The second-order valence-electron chi connectivity index (χ2n) is 2.90. The van der Waals surface area contributed by atoms with Gasteiger partial charge < -0.3 is 5.11 Å². The summed E-state index contributed by atoms with van der Waals surface area (Å²) < 4.78 is 0. The first kappa shape index (κ1) is 9.86. The highest BCUT2D eigenvalue weighted by molar-refractivity contribution is 5.18. The summed E-state index contributed by atoms with van der Waals surface area (Å²) in [6.45, 7) is 0.110. The average molecular weight is 179 g/mol. The zero-order chi connectivity index (χ0) is 9.52. The Labute approximate surface area is 77.4 Å². The van der Waals surface area contributed by atoms with Gasteiger partial charge in [0.15, 0.2) is 0 Å². The molecule has 1 rings (SSSR count). The first-order valence-electron chi connectivity index (χ1n) is 4.36.